The van der Waals surface area contributed by atoms with E-state index in [1.165, 1.54) is 34.9 Å². The zero-order valence-corrected chi connectivity index (χ0v) is 10.3. The summed E-state index contributed by atoms with van der Waals surface area (Å²) >= 11 is 0. The van der Waals surface area contributed by atoms with Crippen LogP contribution in [0.5, 0.6) is 0 Å². The van der Waals surface area contributed by atoms with E-state index in [0.29, 0.717) is 5.92 Å². The van der Waals surface area contributed by atoms with Gasteiger partial charge in [0.15, 0.2) is 0 Å². The summed E-state index contributed by atoms with van der Waals surface area (Å²) in [5.41, 5.74) is 4.29. The zero-order chi connectivity index (χ0) is 11.3. The number of nitrogens with zero attached hydrogens (tertiary/aromatic N) is 1. The van der Waals surface area contributed by atoms with Crippen LogP contribution in [-0.4, -0.2) is 4.57 Å². The number of hydrogen-bond acceptors (Lipinski definition) is 0. The molecule has 3 rings (SSSR count). The Kier molecular flexibility index (Phi) is 2.10. The summed E-state index contributed by atoms with van der Waals surface area (Å²) in [4.78, 5) is 0. The van der Waals surface area contributed by atoms with E-state index in [0.717, 1.165) is 6.04 Å². The topological polar surface area (TPSA) is 4.93 Å². The Balaban J connectivity index is 2.20. The van der Waals surface area contributed by atoms with Gasteiger partial charge < -0.3 is 4.57 Å². The molecular weight excluding hydrogens is 194 g/mol. The molecule has 84 valence electrons. The molecule has 0 amide bonds. The van der Waals surface area contributed by atoms with Crippen molar-refractivity contribution in [1.29, 1.82) is 0 Å². The molecule has 0 unspecified atom stereocenters. The average molecular weight is 213 g/mol. The van der Waals surface area contributed by atoms with Crippen LogP contribution in [-0.2, 0) is 0 Å². The standard InChI is InChI=1S/C15H19N/c1-10(2)12-4-7-15-14(8-12)11(3)9-16(15)13-5-6-13/h4,7-10,13H,5-6H2,1-3H3. The van der Waals surface area contributed by atoms with Crippen LogP contribution in [0.15, 0.2) is 24.4 Å². The summed E-state index contributed by atoms with van der Waals surface area (Å²) in [6.45, 7) is 6.74. The van der Waals surface area contributed by atoms with Crippen molar-refractivity contribution in [2.24, 2.45) is 0 Å². The van der Waals surface area contributed by atoms with Gasteiger partial charge in [0, 0.05) is 23.1 Å². The molecular formula is C15H19N. The largest absolute Gasteiger partial charge is 0.344 e. The minimum Gasteiger partial charge on any atom is -0.344 e. The van der Waals surface area contributed by atoms with Crippen molar-refractivity contribution in [3.63, 3.8) is 0 Å². The van der Waals surface area contributed by atoms with E-state index in [4.69, 9.17) is 0 Å². The molecule has 1 aromatic heterocycles. The van der Waals surface area contributed by atoms with Crippen molar-refractivity contribution in [2.75, 3.05) is 0 Å². The van der Waals surface area contributed by atoms with E-state index in [2.05, 4.69) is 49.7 Å². The molecule has 1 fully saturated rings. The molecule has 1 aliphatic rings. The third kappa shape index (κ3) is 1.46. The molecule has 1 saturated carbocycles. The highest BCUT2D eigenvalue weighted by Gasteiger charge is 2.25. The summed E-state index contributed by atoms with van der Waals surface area (Å²) in [5, 5.41) is 1.44. The van der Waals surface area contributed by atoms with Gasteiger partial charge in [-0.25, -0.2) is 0 Å². The van der Waals surface area contributed by atoms with Crippen molar-refractivity contribution >= 4 is 10.9 Å². The maximum atomic E-state index is 2.47. The molecule has 0 spiro atoms. The van der Waals surface area contributed by atoms with Crippen LogP contribution in [0, 0.1) is 6.92 Å². The number of aryl methyl sites for hydroxylation is 1. The van der Waals surface area contributed by atoms with E-state index >= 15 is 0 Å². The third-order valence-corrected chi connectivity index (χ3v) is 3.66. The normalized spacial score (nSPS) is 16.2. The number of benzene rings is 1. The van der Waals surface area contributed by atoms with Crippen LogP contribution in [0.3, 0.4) is 0 Å². The number of aromatic nitrogens is 1. The molecule has 0 radical (unpaired) electrons. The van der Waals surface area contributed by atoms with Crippen LogP contribution in [0.1, 0.15) is 49.8 Å². The second kappa shape index (κ2) is 3.38. The molecule has 1 aromatic carbocycles. The maximum Gasteiger partial charge on any atom is 0.0485 e. The van der Waals surface area contributed by atoms with Crippen LogP contribution in [0.25, 0.3) is 10.9 Å². The van der Waals surface area contributed by atoms with E-state index in [9.17, 15) is 0 Å². The molecule has 1 nitrogen and oxygen atoms in total. The fourth-order valence-electron chi connectivity index (χ4n) is 2.46. The molecule has 1 heteroatoms. The van der Waals surface area contributed by atoms with E-state index in [1.807, 2.05) is 0 Å². The lowest BCUT2D eigenvalue weighted by atomic mass is 10.0. The van der Waals surface area contributed by atoms with E-state index in [-0.39, 0.29) is 0 Å². The second-order valence-corrected chi connectivity index (χ2v) is 5.38. The molecule has 2 aromatic rings. The first kappa shape index (κ1) is 9.95. The van der Waals surface area contributed by atoms with Crippen LogP contribution < -0.4 is 0 Å². The average Bonchev–Trinajstić information content (AvgIpc) is 3.04. The van der Waals surface area contributed by atoms with Crippen molar-refractivity contribution in [2.45, 2.75) is 45.6 Å². The summed E-state index contributed by atoms with van der Waals surface area (Å²) in [7, 11) is 0. The van der Waals surface area contributed by atoms with Gasteiger partial charge in [-0.3, -0.25) is 0 Å². The number of rotatable bonds is 2. The van der Waals surface area contributed by atoms with Crippen LogP contribution >= 0.6 is 0 Å². The summed E-state index contributed by atoms with van der Waals surface area (Å²) < 4.78 is 2.47. The van der Waals surface area contributed by atoms with Gasteiger partial charge in [0.2, 0.25) is 0 Å². The zero-order valence-electron chi connectivity index (χ0n) is 10.3. The lowest BCUT2D eigenvalue weighted by Crippen LogP contribution is -1.91. The quantitative estimate of drug-likeness (QED) is 0.696. The number of fused-ring (bicyclic) bond motifs is 1. The van der Waals surface area contributed by atoms with Crippen molar-refractivity contribution in [3.05, 3.63) is 35.5 Å². The predicted octanol–water partition coefficient (Wildman–Crippen LogP) is 4.41. The van der Waals surface area contributed by atoms with Gasteiger partial charge in [-0.1, -0.05) is 19.9 Å². The molecule has 0 saturated heterocycles. The van der Waals surface area contributed by atoms with Crippen LogP contribution in [0.2, 0.25) is 0 Å². The lowest BCUT2D eigenvalue weighted by Gasteiger charge is -2.07. The smallest absolute Gasteiger partial charge is 0.0485 e. The third-order valence-electron chi connectivity index (χ3n) is 3.66. The summed E-state index contributed by atoms with van der Waals surface area (Å²) in [5.74, 6) is 0.619. The van der Waals surface area contributed by atoms with Gasteiger partial charge in [-0.05, 0) is 48.9 Å². The molecule has 1 aliphatic carbocycles. The second-order valence-electron chi connectivity index (χ2n) is 5.38. The fraction of sp³-hybridized carbons (Fsp3) is 0.467. The summed E-state index contributed by atoms with van der Waals surface area (Å²) in [6, 6.07) is 7.73. The highest BCUT2D eigenvalue weighted by Crippen LogP contribution is 2.39. The van der Waals surface area contributed by atoms with Gasteiger partial charge >= 0.3 is 0 Å². The minimum absolute atomic E-state index is 0.619. The molecule has 0 N–H and O–H groups in total. The van der Waals surface area contributed by atoms with E-state index < -0.39 is 0 Å². The first-order valence-electron chi connectivity index (χ1n) is 6.28. The first-order valence-corrected chi connectivity index (χ1v) is 6.28. The molecule has 0 atom stereocenters. The monoisotopic (exact) mass is 213 g/mol. The predicted molar refractivity (Wildman–Crippen MR) is 69.0 cm³/mol. The molecule has 0 bridgehead atoms. The van der Waals surface area contributed by atoms with Gasteiger partial charge in [0.05, 0.1) is 0 Å². The Morgan fingerprint density at radius 3 is 2.62 bits per heavy atom. The Bertz CT molecular complexity index is 530. The van der Waals surface area contributed by atoms with Gasteiger partial charge in [0.1, 0.15) is 0 Å². The summed E-state index contributed by atoms with van der Waals surface area (Å²) in [6.07, 6.45) is 5.04. The first-order chi connectivity index (χ1) is 7.66. The Hall–Kier alpha value is -1.24. The van der Waals surface area contributed by atoms with Gasteiger partial charge in [0.25, 0.3) is 0 Å². The molecule has 0 aliphatic heterocycles. The van der Waals surface area contributed by atoms with Crippen molar-refractivity contribution < 1.29 is 0 Å². The maximum absolute atomic E-state index is 2.47. The molecule has 16 heavy (non-hydrogen) atoms. The van der Waals surface area contributed by atoms with E-state index in [1.54, 1.807) is 0 Å². The van der Waals surface area contributed by atoms with Crippen molar-refractivity contribution in [3.8, 4) is 0 Å². The fourth-order valence-corrected chi connectivity index (χ4v) is 2.46. The highest BCUT2D eigenvalue weighted by molar-refractivity contribution is 5.84. The molecule has 1 heterocycles. The Morgan fingerprint density at radius 2 is 2.00 bits per heavy atom. The van der Waals surface area contributed by atoms with Crippen LogP contribution in [0.4, 0.5) is 0 Å². The number of hydrogen-bond donors (Lipinski definition) is 0. The Morgan fingerprint density at radius 1 is 1.25 bits per heavy atom. The lowest BCUT2D eigenvalue weighted by molar-refractivity contribution is 0.773. The Labute approximate surface area is 97.1 Å². The minimum atomic E-state index is 0.619. The van der Waals surface area contributed by atoms with Gasteiger partial charge in [-0.2, -0.15) is 0 Å². The van der Waals surface area contributed by atoms with Gasteiger partial charge in [-0.15, -0.1) is 0 Å². The van der Waals surface area contributed by atoms with Crippen molar-refractivity contribution in [1.82, 2.24) is 4.57 Å². The SMILES string of the molecule is Cc1cn(C2CC2)c2ccc(C(C)C)cc12. The highest BCUT2D eigenvalue weighted by atomic mass is 15.0.